The highest BCUT2D eigenvalue weighted by Crippen LogP contribution is 2.25. The van der Waals surface area contributed by atoms with Crippen molar-refractivity contribution in [1.82, 2.24) is 5.32 Å². The molecule has 1 fully saturated rings. The average molecular weight is 323 g/mol. The molecule has 2 aromatic rings. The largest absolute Gasteiger partial charge is 0.307 e. The van der Waals surface area contributed by atoms with Crippen LogP contribution >= 0.6 is 24.0 Å². The summed E-state index contributed by atoms with van der Waals surface area (Å²) in [6.45, 7) is 0. The van der Waals surface area contributed by atoms with Crippen molar-refractivity contribution in [3.05, 3.63) is 76.2 Å². The molecule has 1 heterocycles. The third kappa shape index (κ3) is 3.72. The van der Waals surface area contributed by atoms with Gasteiger partial charge in [-0.2, -0.15) is 0 Å². The number of rotatable bonds is 3. The zero-order valence-electron chi connectivity index (χ0n) is 11.7. The summed E-state index contributed by atoms with van der Waals surface area (Å²) in [4.78, 5) is 12.3. The van der Waals surface area contributed by atoms with Gasteiger partial charge in [-0.15, -0.1) is 0 Å². The fourth-order valence-corrected chi connectivity index (χ4v) is 3.08. The molecule has 0 aliphatic carbocycles. The summed E-state index contributed by atoms with van der Waals surface area (Å²) in [6, 6.07) is 18.2. The van der Waals surface area contributed by atoms with Gasteiger partial charge in [0, 0.05) is 0 Å². The van der Waals surface area contributed by atoms with Crippen LogP contribution in [0.3, 0.4) is 0 Å². The van der Waals surface area contributed by atoms with E-state index in [1.807, 2.05) is 48.5 Å². The maximum absolute atomic E-state index is 11.6. The van der Waals surface area contributed by atoms with Crippen molar-refractivity contribution in [3.8, 4) is 0 Å². The second-order valence-electron chi connectivity index (χ2n) is 4.76. The van der Waals surface area contributed by atoms with Crippen LogP contribution in [0, 0.1) is 0 Å². The SMILES string of the molecule is O=C1NC(=S)S/C1=C/c1ccc(/C=C/c2ccccc2)cc1. The van der Waals surface area contributed by atoms with Crippen LogP contribution in [0.15, 0.2) is 59.5 Å². The van der Waals surface area contributed by atoms with E-state index >= 15 is 0 Å². The third-order valence-corrected chi connectivity index (χ3v) is 4.31. The summed E-state index contributed by atoms with van der Waals surface area (Å²) in [5.74, 6) is -0.122. The second-order valence-corrected chi connectivity index (χ2v) is 6.48. The Labute approximate surface area is 138 Å². The summed E-state index contributed by atoms with van der Waals surface area (Å²) in [5, 5.41) is 2.61. The van der Waals surface area contributed by atoms with Gasteiger partial charge >= 0.3 is 0 Å². The van der Waals surface area contributed by atoms with Crippen molar-refractivity contribution in [2.75, 3.05) is 0 Å². The van der Waals surface area contributed by atoms with Crippen molar-refractivity contribution in [1.29, 1.82) is 0 Å². The van der Waals surface area contributed by atoms with Crippen molar-refractivity contribution in [3.63, 3.8) is 0 Å². The first kappa shape index (κ1) is 14.8. The lowest BCUT2D eigenvalue weighted by Gasteiger charge is -1.98. The molecule has 0 aromatic heterocycles. The number of nitrogens with one attached hydrogen (secondary N) is 1. The third-order valence-electron chi connectivity index (χ3n) is 3.14. The quantitative estimate of drug-likeness (QED) is 0.517. The molecule has 22 heavy (non-hydrogen) atoms. The standard InChI is InChI=1S/C18H13NOS2/c20-17-16(22-18(21)19-17)12-15-10-8-14(9-11-15)7-6-13-4-2-1-3-5-13/h1-12H,(H,19,20,21)/b7-6+,16-12+. The first-order valence-electron chi connectivity index (χ1n) is 6.79. The van der Waals surface area contributed by atoms with Crippen LogP contribution < -0.4 is 5.32 Å². The number of benzene rings is 2. The lowest BCUT2D eigenvalue weighted by Crippen LogP contribution is -2.17. The van der Waals surface area contributed by atoms with Gasteiger partial charge in [0.2, 0.25) is 0 Å². The lowest BCUT2D eigenvalue weighted by atomic mass is 10.1. The molecule has 0 unspecified atom stereocenters. The average Bonchev–Trinajstić information content (AvgIpc) is 2.85. The molecule has 1 aliphatic rings. The van der Waals surface area contributed by atoms with Gasteiger partial charge in [-0.1, -0.05) is 90.7 Å². The number of carbonyl (C=O) groups excluding carboxylic acids is 1. The van der Waals surface area contributed by atoms with E-state index in [1.54, 1.807) is 0 Å². The molecule has 1 aliphatic heterocycles. The summed E-state index contributed by atoms with van der Waals surface area (Å²) < 4.78 is 0.513. The second kappa shape index (κ2) is 6.73. The summed E-state index contributed by atoms with van der Waals surface area (Å²) in [6.07, 6.45) is 5.99. The monoisotopic (exact) mass is 323 g/mol. The number of hydrogen-bond acceptors (Lipinski definition) is 3. The van der Waals surface area contributed by atoms with Gasteiger partial charge in [0.05, 0.1) is 4.91 Å². The minimum absolute atomic E-state index is 0.122. The van der Waals surface area contributed by atoms with Gasteiger partial charge in [-0.3, -0.25) is 4.79 Å². The molecule has 1 N–H and O–H groups in total. The molecular weight excluding hydrogens is 310 g/mol. The van der Waals surface area contributed by atoms with E-state index in [9.17, 15) is 4.79 Å². The Morgan fingerprint density at radius 3 is 2.05 bits per heavy atom. The van der Waals surface area contributed by atoms with Crippen LogP contribution in [-0.2, 0) is 4.79 Å². The van der Waals surface area contributed by atoms with E-state index in [4.69, 9.17) is 12.2 Å². The van der Waals surface area contributed by atoms with Gasteiger partial charge < -0.3 is 5.32 Å². The molecule has 2 nitrogen and oxygen atoms in total. The van der Waals surface area contributed by atoms with Gasteiger partial charge in [0.1, 0.15) is 4.32 Å². The summed E-state index contributed by atoms with van der Waals surface area (Å²) >= 11 is 6.27. The van der Waals surface area contributed by atoms with Crippen LogP contribution in [0.25, 0.3) is 18.2 Å². The number of thiocarbonyl (C=S) groups is 1. The maximum Gasteiger partial charge on any atom is 0.263 e. The van der Waals surface area contributed by atoms with E-state index < -0.39 is 0 Å². The van der Waals surface area contributed by atoms with Crippen molar-refractivity contribution >= 4 is 52.4 Å². The Kier molecular flexibility index (Phi) is 4.51. The van der Waals surface area contributed by atoms with Crippen molar-refractivity contribution in [2.45, 2.75) is 0 Å². The normalized spacial score (nSPS) is 16.5. The fourth-order valence-electron chi connectivity index (χ4n) is 2.03. The molecule has 1 amide bonds. The molecule has 0 bridgehead atoms. The first-order chi connectivity index (χ1) is 10.7. The minimum Gasteiger partial charge on any atom is -0.307 e. The Bertz CT molecular complexity index is 761. The first-order valence-corrected chi connectivity index (χ1v) is 8.01. The highest BCUT2D eigenvalue weighted by atomic mass is 32.2. The van der Waals surface area contributed by atoms with Crippen LogP contribution in [0.4, 0.5) is 0 Å². The van der Waals surface area contributed by atoms with Gasteiger partial charge in [0.25, 0.3) is 5.91 Å². The molecule has 0 spiro atoms. The molecule has 0 radical (unpaired) electrons. The Morgan fingerprint density at radius 2 is 1.45 bits per heavy atom. The number of hydrogen-bond donors (Lipinski definition) is 1. The van der Waals surface area contributed by atoms with Gasteiger partial charge in [-0.05, 0) is 22.8 Å². The van der Waals surface area contributed by atoms with Crippen molar-refractivity contribution in [2.24, 2.45) is 0 Å². The molecule has 4 heteroatoms. The Balaban J connectivity index is 1.73. The van der Waals surface area contributed by atoms with Crippen LogP contribution in [0.1, 0.15) is 16.7 Å². The van der Waals surface area contributed by atoms with Crippen molar-refractivity contribution < 1.29 is 4.79 Å². The van der Waals surface area contributed by atoms with Crippen LogP contribution in [0.2, 0.25) is 0 Å². The molecule has 108 valence electrons. The topological polar surface area (TPSA) is 29.1 Å². The molecule has 3 rings (SSSR count). The molecule has 0 saturated carbocycles. The van der Waals surface area contributed by atoms with Gasteiger partial charge in [-0.25, -0.2) is 0 Å². The molecule has 0 atom stereocenters. The zero-order valence-corrected chi connectivity index (χ0v) is 13.3. The molecular formula is C18H13NOS2. The van der Waals surface area contributed by atoms with E-state index in [2.05, 4.69) is 29.6 Å². The van der Waals surface area contributed by atoms with E-state index in [0.717, 1.165) is 11.1 Å². The Hall–Kier alpha value is -2.17. The minimum atomic E-state index is -0.122. The molecule has 2 aromatic carbocycles. The predicted octanol–water partition coefficient (Wildman–Crippen LogP) is 4.35. The zero-order chi connectivity index (χ0) is 15.4. The smallest absolute Gasteiger partial charge is 0.263 e. The van der Waals surface area contributed by atoms with E-state index in [-0.39, 0.29) is 5.91 Å². The summed E-state index contributed by atoms with van der Waals surface area (Å²) in [7, 11) is 0. The number of thioether (sulfide) groups is 1. The lowest BCUT2D eigenvalue weighted by molar-refractivity contribution is -0.115. The predicted molar refractivity (Wildman–Crippen MR) is 98.1 cm³/mol. The van der Waals surface area contributed by atoms with E-state index in [0.29, 0.717) is 9.23 Å². The molecule has 1 saturated heterocycles. The highest BCUT2D eigenvalue weighted by molar-refractivity contribution is 8.26. The fraction of sp³-hybridized carbons (Fsp3) is 0. The van der Waals surface area contributed by atoms with Crippen LogP contribution in [0.5, 0.6) is 0 Å². The van der Waals surface area contributed by atoms with Crippen LogP contribution in [-0.4, -0.2) is 10.2 Å². The maximum atomic E-state index is 11.6. The Morgan fingerprint density at radius 1 is 0.864 bits per heavy atom. The highest BCUT2D eigenvalue weighted by Gasteiger charge is 2.21. The van der Waals surface area contributed by atoms with Gasteiger partial charge in [0.15, 0.2) is 0 Å². The van der Waals surface area contributed by atoms with E-state index in [1.165, 1.54) is 17.3 Å². The number of carbonyl (C=O) groups is 1. The summed E-state index contributed by atoms with van der Waals surface area (Å²) in [5.41, 5.74) is 3.27. The number of amides is 1.